The molecule has 1 amide bonds. The fourth-order valence-electron chi connectivity index (χ4n) is 3.44. The van der Waals surface area contributed by atoms with Crippen LogP contribution in [0.4, 0.5) is 10.6 Å². The zero-order valence-electron chi connectivity index (χ0n) is 12.7. The Morgan fingerprint density at radius 3 is 2.83 bits per heavy atom. The summed E-state index contributed by atoms with van der Waals surface area (Å²) in [6.07, 6.45) is 2.11. The van der Waals surface area contributed by atoms with Gasteiger partial charge >= 0.3 is 6.09 Å². The molecule has 0 saturated carbocycles. The van der Waals surface area contributed by atoms with Crippen LogP contribution in [0.25, 0.3) is 5.65 Å². The van der Waals surface area contributed by atoms with E-state index in [0.29, 0.717) is 31.8 Å². The van der Waals surface area contributed by atoms with Crippen molar-refractivity contribution < 1.29 is 15.0 Å². The monoisotopic (exact) mass is 317 g/mol. The maximum absolute atomic E-state index is 11.3. The molecular weight excluding hydrogens is 298 g/mol. The van der Waals surface area contributed by atoms with Crippen molar-refractivity contribution in [1.82, 2.24) is 19.5 Å². The van der Waals surface area contributed by atoms with Crippen LogP contribution in [0.1, 0.15) is 11.3 Å². The minimum atomic E-state index is -0.881. The SMILES string of the molecule is O=C(O)N1CCc2nc3ccnn3c(N3CC(CO)C3)c2CC1. The number of nitrogens with zero attached hydrogens (tertiary/aromatic N) is 5. The summed E-state index contributed by atoms with van der Waals surface area (Å²) in [5.74, 6) is 1.30. The molecule has 8 nitrogen and oxygen atoms in total. The van der Waals surface area contributed by atoms with Crippen LogP contribution < -0.4 is 4.90 Å². The summed E-state index contributed by atoms with van der Waals surface area (Å²) in [7, 11) is 0. The summed E-state index contributed by atoms with van der Waals surface area (Å²) < 4.78 is 1.84. The summed E-state index contributed by atoms with van der Waals surface area (Å²) in [6, 6.07) is 1.87. The van der Waals surface area contributed by atoms with Gasteiger partial charge in [0.05, 0.1) is 11.9 Å². The van der Waals surface area contributed by atoms with Gasteiger partial charge in [0, 0.05) is 56.8 Å². The number of aliphatic hydroxyl groups excluding tert-OH is 1. The highest BCUT2D eigenvalue weighted by Gasteiger charge is 2.32. The number of amides is 1. The van der Waals surface area contributed by atoms with E-state index in [0.717, 1.165) is 35.8 Å². The first-order valence-electron chi connectivity index (χ1n) is 7.86. The fourth-order valence-corrected chi connectivity index (χ4v) is 3.44. The molecule has 23 heavy (non-hydrogen) atoms. The fraction of sp³-hybridized carbons (Fsp3) is 0.533. The van der Waals surface area contributed by atoms with E-state index >= 15 is 0 Å². The molecule has 1 saturated heterocycles. The van der Waals surface area contributed by atoms with Crippen LogP contribution in [0, 0.1) is 5.92 Å². The van der Waals surface area contributed by atoms with Crippen LogP contribution in [0.3, 0.4) is 0 Å². The number of carbonyl (C=O) groups is 1. The minimum absolute atomic E-state index is 0.193. The van der Waals surface area contributed by atoms with Crippen LogP contribution in [0.2, 0.25) is 0 Å². The zero-order valence-corrected chi connectivity index (χ0v) is 12.7. The van der Waals surface area contributed by atoms with Gasteiger partial charge in [0.1, 0.15) is 5.82 Å². The Morgan fingerprint density at radius 2 is 2.09 bits per heavy atom. The van der Waals surface area contributed by atoms with E-state index in [4.69, 9.17) is 0 Å². The molecule has 0 bridgehead atoms. The predicted octanol–water partition coefficient (Wildman–Crippen LogP) is 0.236. The molecule has 0 atom stereocenters. The number of anilines is 1. The summed E-state index contributed by atoms with van der Waals surface area (Å²) in [6.45, 7) is 2.73. The van der Waals surface area contributed by atoms with Crippen molar-refractivity contribution in [1.29, 1.82) is 0 Å². The molecule has 8 heteroatoms. The summed E-state index contributed by atoms with van der Waals surface area (Å²) >= 11 is 0. The molecule has 4 rings (SSSR count). The number of hydrogen-bond acceptors (Lipinski definition) is 5. The number of aromatic nitrogens is 3. The Balaban J connectivity index is 1.76. The second-order valence-corrected chi connectivity index (χ2v) is 6.19. The van der Waals surface area contributed by atoms with Gasteiger partial charge in [-0.1, -0.05) is 0 Å². The van der Waals surface area contributed by atoms with Crippen molar-refractivity contribution in [2.24, 2.45) is 5.92 Å². The first kappa shape index (κ1) is 14.3. The van der Waals surface area contributed by atoms with Crippen LogP contribution in [0.15, 0.2) is 12.3 Å². The minimum Gasteiger partial charge on any atom is -0.465 e. The van der Waals surface area contributed by atoms with E-state index in [1.165, 1.54) is 4.90 Å². The van der Waals surface area contributed by atoms with Crippen LogP contribution >= 0.6 is 0 Å². The highest BCUT2D eigenvalue weighted by molar-refractivity contribution is 5.66. The molecule has 2 N–H and O–H groups in total. The Morgan fingerprint density at radius 1 is 1.30 bits per heavy atom. The van der Waals surface area contributed by atoms with E-state index < -0.39 is 6.09 Å². The van der Waals surface area contributed by atoms with Crippen molar-refractivity contribution in [2.75, 3.05) is 37.7 Å². The average Bonchev–Trinajstić information content (AvgIpc) is 2.84. The average molecular weight is 317 g/mol. The number of hydrogen-bond donors (Lipinski definition) is 2. The van der Waals surface area contributed by atoms with Crippen molar-refractivity contribution >= 4 is 17.6 Å². The Kier molecular flexibility index (Phi) is 3.33. The molecule has 1 fully saturated rings. The lowest BCUT2D eigenvalue weighted by Crippen LogP contribution is -2.49. The van der Waals surface area contributed by atoms with E-state index in [2.05, 4.69) is 15.0 Å². The maximum Gasteiger partial charge on any atom is 0.407 e. The Labute approximate surface area is 132 Å². The van der Waals surface area contributed by atoms with Crippen LogP contribution in [0.5, 0.6) is 0 Å². The third kappa shape index (κ3) is 2.29. The highest BCUT2D eigenvalue weighted by Crippen LogP contribution is 2.31. The lowest BCUT2D eigenvalue weighted by atomic mass is 9.99. The van der Waals surface area contributed by atoms with Gasteiger partial charge in [-0.05, 0) is 6.42 Å². The van der Waals surface area contributed by atoms with E-state index in [9.17, 15) is 15.0 Å². The van der Waals surface area contributed by atoms with Gasteiger partial charge in [-0.25, -0.2) is 9.78 Å². The number of fused-ring (bicyclic) bond motifs is 2. The third-order valence-electron chi connectivity index (χ3n) is 4.73. The summed E-state index contributed by atoms with van der Waals surface area (Å²) in [4.78, 5) is 19.6. The number of aliphatic hydroxyl groups is 1. The predicted molar refractivity (Wildman–Crippen MR) is 82.8 cm³/mol. The van der Waals surface area contributed by atoms with Crippen molar-refractivity contribution in [3.05, 3.63) is 23.5 Å². The second kappa shape index (κ2) is 5.38. The number of rotatable bonds is 2. The molecule has 4 heterocycles. The molecule has 2 aliphatic rings. The van der Waals surface area contributed by atoms with Gasteiger partial charge in [0.15, 0.2) is 5.65 Å². The largest absolute Gasteiger partial charge is 0.465 e. The number of carboxylic acid groups (broad SMARTS) is 1. The maximum atomic E-state index is 11.3. The lowest BCUT2D eigenvalue weighted by molar-refractivity contribution is 0.147. The molecule has 122 valence electrons. The van der Waals surface area contributed by atoms with Gasteiger partial charge in [0.2, 0.25) is 0 Å². The molecule has 0 spiro atoms. The van der Waals surface area contributed by atoms with E-state index in [1.54, 1.807) is 6.20 Å². The van der Waals surface area contributed by atoms with E-state index in [1.807, 2.05) is 10.6 Å². The standard InChI is InChI=1S/C15H19N5O3/c21-9-10-7-19(8-10)14-11-2-5-18(15(22)23)6-3-12(11)17-13-1-4-16-20(13)14/h1,4,10,21H,2-3,5-9H2,(H,22,23). The smallest absolute Gasteiger partial charge is 0.407 e. The Bertz CT molecular complexity index is 753. The summed E-state index contributed by atoms with van der Waals surface area (Å²) in [5.41, 5.74) is 2.83. The molecule has 2 aromatic heterocycles. The third-order valence-corrected chi connectivity index (χ3v) is 4.73. The zero-order chi connectivity index (χ0) is 16.0. The topological polar surface area (TPSA) is 94.2 Å². The molecule has 0 radical (unpaired) electrons. The van der Waals surface area contributed by atoms with Crippen molar-refractivity contribution in [3.8, 4) is 0 Å². The van der Waals surface area contributed by atoms with Gasteiger partial charge in [0.25, 0.3) is 0 Å². The van der Waals surface area contributed by atoms with Gasteiger partial charge in [-0.15, -0.1) is 0 Å². The van der Waals surface area contributed by atoms with Crippen molar-refractivity contribution in [3.63, 3.8) is 0 Å². The molecule has 0 aromatic carbocycles. The second-order valence-electron chi connectivity index (χ2n) is 6.19. The van der Waals surface area contributed by atoms with Gasteiger partial charge < -0.3 is 20.0 Å². The molecule has 2 aromatic rings. The molecular formula is C15H19N5O3. The summed E-state index contributed by atoms with van der Waals surface area (Å²) in [5, 5.41) is 22.9. The molecule has 0 aliphatic carbocycles. The van der Waals surface area contributed by atoms with Gasteiger partial charge in [-0.3, -0.25) is 0 Å². The first-order chi connectivity index (χ1) is 11.2. The Hall–Kier alpha value is -2.35. The van der Waals surface area contributed by atoms with Crippen LogP contribution in [-0.4, -0.2) is 68.6 Å². The normalized spacial score (nSPS) is 18.7. The highest BCUT2D eigenvalue weighted by atomic mass is 16.4. The quantitative estimate of drug-likeness (QED) is 0.824. The molecule has 2 aliphatic heterocycles. The first-order valence-corrected chi connectivity index (χ1v) is 7.86. The van der Waals surface area contributed by atoms with Crippen LogP contribution in [-0.2, 0) is 12.8 Å². The lowest BCUT2D eigenvalue weighted by Gasteiger charge is -2.41. The van der Waals surface area contributed by atoms with E-state index in [-0.39, 0.29) is 6.61 Å². The molecule has 0 unspecified atom stereocenters. The van der Waals surface area contributed by atoms with Crippen molar-refractivity contribution in [2.45, 2.75) is 12.8 Å². The van der Waals surface area contributed by atoms with Gasteiger partial charge in [-0.2, -0.15) is 9.61 Å².